The highest BCUT2D eigenvalue weighted by atomic mass is 32.1. The molecule has 0 aliphatic carbocycles. The van der Waals surface area contributed by atoms with E-state index in [1.807, 2.05) is 53.2 Å². The molecule has 1 aliphatic rings. The molecule has 30 heavy (non-hydrogen) atoms. The minimum Gasteiger partial charge on any atom is -0.488 e. The fourth-order valence-electron chi connectivity index (χ4n) is 3.86. The number of para-hydroxylation sites is 1. The van der Waals surface area contributed by atoms with Crippen LogP contribution in [0.25, 0.3) is 0 Å². The average Bonchev–Trinajstić information content (AvgIpc) is 3.51. The summed E-state index contributed by atoms with van der Waals surface area (Å²) in [5, 5.41) is 15.1. The van der Waals surface area contributed by atoms with Gasteiger partial charge in [-0.25, -0.2) is 4.79 Å². The number of hydrogen-bond acceptors (Lipinski definition) is 6. The summed E-state index contributed by atoms with van der Waals surface area (Å²) in [5.74, 6) is 0.273. The Labute approximate surface area is 184 Å². The Bertz CT molecular complexity index is 909. The Morgan fingerprint density at radius 1 is 1.10 bits per heavy atom. The van der Waals surface area contributed by atoms with Crippen molar-refractivity contribution < 1.29 is 23.9 Å². The summed E-state index contributed by atoms with van der Waals surface area (Å²) in [4.78, 5) is 14.3. The molecule has 158 valence electrons. The van der Waals surface area contributed by atoms with Crippen LogP contribution in [0.5, 0.6) is 5.75 Å². The molecule has 5 nitrogen and oxygen atoms in total. The van der Waals surface area contributed by atoms with Crippen LogP contribution in [0.15, 0.2) is 65.4 Å². The highest BCUT2D eigenvalue weighted by Gasteiger charge is 2.46. The van der Waals surface area contributed by atoms with Gasteiger partial charge in [0, 0.05) is 6.42 Å². The predicted octanol–water partition coefficient (Wildman–Crippen LogP) is 3.89. The molecule has 4 rings (SSSR count). The zero-order chi connectivity index (χ0) is 21.0. The van der Waals surface area contributed by atoms with Gasteiger partial charge in [0.1, 0.15) is 25.4 Å². The predicted molar refractivity (Wildman–Crippen MR) is 119 cm³/mol. The lowest BCUT2D eigenvalue weighted by Crippen LogP contribution is -2.46. The number of ether oxygens (including phenoxy) is 2. The van der Waals surface area contributed by atoms with Gasteiger partial charge in [-0.1, -0.05) is 30.3 Å². The van der Waals surface area contributed by atoms with Crippen molar-refractivity contribution in [3.05, 3.63) is 75.1 Å². The molecule has 0 spiro atoms. The second-order valence-electron chi connectivity index (χ2n) is 7.89. The number of benzene rings is 1. The summed E-state index contributed by atoms with van der Waals surface area (Å²) in [6.45, 7) is 3.07. The number of quaternary nitrogens is 1. The van der Waals surface area contributed by atoms with Crippen molar-refractivity contribution in [3.63, 3.8) is 0 Å². The Morgan fingerprint density at radius 2 is 1.77 bits per heavy atom. The Hall–Kier alpha value is -2.19. The maximum atomic E-state index is 13.1. The number of rotatable bonds is 8. The minimum absolute atomic E-state index is 0.217. The second-order valence-corrected chi connectivity index (χ2v) is 9.79. The topological polar surface area (TPSA) is 55.8 Å². The number of hydrogen-bond donors (Lipinski definition) is 1. The monoisotopic (exact) mass is 444 g/mol. The number of thiophene rings is 2. The number of carbonyl (C=O) groups is 1. The molecule has 0 radical (unpaired) electrons. The fraction of sp³-hybridized carbons (Fsp3) is 0.348. The Balaban J connectivity index is 1.37. The molecule has 1 aromatic carbocycles. The first-order chi connectivity index (χ1) is 14.5. The van der Waals surface area contributed by atoms with Crippen molar-refractivity contribution in [1.82, 2.24) is 0 Å². The number of esters is 1. The molecular formula is C23H26NO4S2+. The molecule has 7 heteroatoms. The molecule has 0 saturated carbocycles. The molecular weight excluding hydrogens is 418 g/mol. The number of nitrogens with zero attached hydrogens (tertiary/aromatic N) is 1. The molecule has 0 bridgehead atoms. The summed E-state index contributed by atoms with van der Waals surface area (Å²) in [5.41, 5.74) is -1.75. The van der Waals surface area contributed by atoms with E-state index in [9.17, 15) is 9.90 Å². The molecule has 1 unspecified atom stereocenters. The van der Waals surface area contributed by atoms with Crippen molar-refractivity contribution in [3.8, 4) is 5.75 Å². The van der Waals surface area contributed by atoms with Crippen molar-refractivity contribution in [1.29, 1.82) is 0 Å². The number of likely N-dealkylation sites (tertiary alicyclic amines) is 1. The smallest absolute Gasteiger partial charge is 0.349 e. The van der Waals surface area contributed by atoms with E-state index >= 15 is 0 Å². The zero-order valence-corrected chi connectivity index (χ0v) is 18.5. The normalized spacial score (nSPS) is 21.5. The molecule has 3 heterocycles. The standard InChI is InChI=1S/C23H26NO4S2/c1-24(13-14-27-18-7-3-2-4-8-18)12-11-19(17-24)28-22(25)23(26,20-9-5-15-29-20)21-10-6-16-30-21/h2-10,15-16,19,26H,11-14,17H2,1H3/q+1/t19-,24?/m1/s1. The van der Waals surface area contributed by atoms with Crippen LogP contribution < -0.4 is 4.74 Å². The van der Waals surface area contributed by atoms with Crippen LogP contribution in [0.3, 0.4) is 0 Å². The average molecular weight is 445 g/mol. The van der Waals surface area contributed by atoms with Gasteiger partial charge in [-0.2, -0.15) is 0 Å². The Kier molecular flexibility index (Phi) is 6.24. The van der Waals surface area contributed by atoms with Gasteiger partial charge in [0.15, 0.2) is 6.10 Å². The third kappa shape index (κ3) is 4.44. The first kappa shape index (κ1) is 21.1. The molecule has 2 aromatic heterocycles. The summed E-state index contributed by atoms with van der Waals surface area (Å²) >= 11 is 2.72. The summed E-state index contributed by atoms with van der Waals surface area (Å²) in [7, 11) is 2.16. The van der Waals surface area contributed by atoms with Crippen LogP contribution >= 0.6 is 22.7 Å². The van der Waals surface area contributed by atoms with E-state index in [1.54, 1.807) is 12.1 Å². The van der Waals surface area contributed by atoms with Crippen LogP contribution in [0.2, 0.25) is 0 Å². The second kappa shape index (κ2) is 8.89. The van der Waals surface area contributed by atoms with E-state index in [4.69, 9.17) is 9.47 Å². The Morgan fingerprint density at radius 3 is 2.37 bits per heavy atom. The molecule has 0 amide bonds. The van der Waals surface area contributed by atoms with Crippen LogP contribution in [-0.4, -0.2) is 55.0 Å². The maximum Gasteiger partial charge on any atom is 0.349 e. The van der Waals surface area contributed by atoms with E-state index in [2.05, 4.69) is 7.05 Å². The van der Waals surface area contributed by atoms with Crippen LogP contribution in [0.4, 0.5) is 0 Å². The highest BCUT2D eigenvalue weighted by Crippen LogP contribution is 2.37. The number of carbonyl (C=O) groups excluding carboxylic acids is 1. The first-order valence-electron chi connectivity index (χ1n) is 10.0. The van der Waals surface area contributed by atoms with Gasteiger partial charge in [-0.3, -0.25) is 0 Å². The highest BCUT2D eigenvalue weighted by molar-refractivity contribution is 7.12. The zero-order valence-electron chi connectivity index (χ0n) is 16.9. The molecule has 1 fully saturated rings. The first-order valence-corrected chi connectivity index (χ1v) is 11.8. The summed E-state index contributed by atoms with van der Waals surface area (Å²) < 4.78 is 12.5. The summed E-state index contributed by atoms with van der Waals surface area (Å²) in [6.07, 6.45) is 0.559. The molecule has 1 aliphatic heterocycles. The fourth-order valence-corrected chi connectivity index (χ4v) is 5.57. The maximum absolute atomic E-state index is 13.1. The number of likely N-dealkylation sites (N-methyl/N-ethyl adjacent to an activating group) is 1. The van der Waals surface area contributed by atoms with Crippen molar-refractivity contribution in [2.24, 2.45) is 0 Å². The van der Waals surface area contributed by atoms with Crippen LogP contribution in [0, 0.1) is 0 Å². The molecule has 1 N–H and O–H groups in total. The molecule has 3 aromatic rings. The third-order valence-electron chi connectivity index (χ3n) is 5.60. The van der Waals surface area contributed by atoms with Gasteiger partial charge >= 0.3 is 5.97 Å². The van der Waals surface area contributed by atoms with Gasteiger partial charge in [-0.05, 0) is 35.0 Å². The lowest BCUT2D eigenvalue weighted by molar-refractivity contribution is -0.898. The SMILES string of the molecule is C[N+]1(CCOc2ccccc2)CC[C@@H](OC(=O)C(O)(c2cccs2)c2cccs2)C1. The van der Waals surface area contributed by atoms with Crippen molar-refractivity contribution in [2.75, 3.05) is 33.3 Å². The van der Waals surface area contributed by atoms with E-state index < -0.39 is 11.6 Å². The van der Waals surface area contributed by atoms with Gasteiger partial charge in [0.2, 0.25) is 5.60 Å². The van der Waals surface area contributed by atoms with Crippen LogP contribution in [-0.2, 0) is 15.1 Å². The van der Waals surface area contributed by atoms with Gasteiger partial charge in [0.25, 0.3) is 0 Å². The molecule has 2 atom stereocenters. The lowest BCUT2D eigenvalue weighted by atomic mass is 10.00. The van der Waals surface area contributed by atoms with Crippen molar-refractivity contribution in [2.45, 2.75) is 18.1 Å². The van der Waals surface area contributed by atoms with E-state index in [0.29, 0.717) is 16.4 Å². The minimum atomic E-state index is -1.75. The lowest BCUT2D eigenvalue weighted by Gasteiger charge is -2.30. The van der Waals surface area contributed by atoms with Gasteiger partial charge in [-0.15, -0.1) is 22.7 Å². The van der Waals surface area contributed by atoms with Gasteiger partial charge in [0.05, 0.1) is 23.3 Å². The summed E-state index contributed by atoms with van der Waals surface area (Å²) in [6, 6.07) is 17.0. The van der Waals surface area contributed by atoms with E-state index in [0.717, 1.165) is 36.3 Å². The molecule has 1 saturated heterocycles. The number of aliphatic hydroxyl groups is 1. The van der Waals surface area contributed by atoms with Gasteiger partial charge < -0.3 is 19.1 Å². The van der Waals surface area contributed by atoms with Crippen LogP contribution in [0.1, 0.15) is 16.2 Å². The van der Waals surface area contributed by atoms with E-state index in [-0.39, 0.29) is 6.10 Å². The van der Waals surface area contributed by atoms with Crippen molar-refractivity contribution >= 4 is 28.6 Å². The van der Waals surface area contributed by atoms with E-state index in [1.165, 1.54) is 22.7 Å². The largest absolute Gasteiger partial charge is 0.488 e. The quantitative estimate of drug-likeness (QED) is 0.423. The third-order valence-corrected chi connectivity index (χ3v) is 7.56.